The number of aliphatic hydroxyl groups is 1. The highest BCUT2D eigenvalue weighted by atomic mass is 35.6. The van der Waals surface area contributed by atoms with Crippen LogP contribution in [0.2, 0.25) is 0 Å². The summed E-state index contributed by atoms with van der Waals surface area (Å²) < 4.78 is 3.31. The van der Waals surface area contributed by atoms with Crippen molar-refractivity contribution in [1.82, 2.24) is 0 Å². The van der Waals surface area contributed by atoms with Crippen LogP contribution in [0.5, 0.6) is 5.75 Å². The molecule has 0 bridgehead atoms. The van der Waals surface area contributed by atoms with Crippen molar-refractivity contribution < 1.29 is 9.84 Å². The summed E-state index contributed by atoms with van der Waals surface area (Å²) in [6.07, 6.45) is 1.96. The maximum absolute atomic E-state index is 9.44. The molecule has 0 radical (unpaired) electrons. The van der Waals surface area contributed by atoms with Gasteiger partial charge >= 0.3 is 0 Å². The Morgan fingerprint density at radius 2 is 1.81 bits per heavy atom. The molecule has 0 aromatic heterocycles. The van der Waals surface area contributed by atoms with E-state index in [0.29, 0.717) is 0 Å². The van der Waals surface area contributed by atoms with E-state index in [4.69, 9.17) is 39.5 Å². The van der Waals surface area contributed by atoms with E-state index in [0.717, 1.165) is 11.3 Å². The SMILES string of the molecule is COc1ccc(/C=C/[C@H](O)C(Cl)(Cl)Cl)cc1. The van der Waals surface area contributed by atoms with E-state index < -0.39 is 9.90 Å². The van der Waals surface area contributed by atoms with Crippen molar-refractivity contribution >= 4 is 40.9 Å². The Labute approximate surface area is 109 Å². The molecule has 5 heteroatoms. The molecule has 0 saturated heterocycles. The Bertz CT molecular complexity index is 354. The summed E-state index contributed by atoms with van der Waals surface area (Å²) in [5.74, 6) is 0.763. The summed E-state index contributed by atoms with van der Waals surface area (Å²) in [7, 11) is 1.59. The molecule has 0 aliphatic heterocycles. The van der Waals surface area contributed by atoms with E-state index in [1.54, 1.807) is 25.3 Å². The number of halogens is 3. The molecule has 1 aromatic rings. The summed E-state index contributed by atoms with van der Waals surface area (Å²) in [4.78, 5) is 0. The molecule has 1 aromatic carbocycles. The predicted octanol–water partition coefficient (Wildman–Crippen LogP) is 3.44. The lowest BCUT2D eigenvalue weighted by Gasteiger charge is -2.14. The second-order valence-corrected chi connectivity index (χ2v) is 5.49. The van der Waals surface area contributed by atoms with Crippen LogP contribution in [0.15, 0.2) is 30.3 Å². The largest absolute Gasteiger partial charge is 0.497 e. The van der Waals surface area contributed by atoms with Gasteiger partial charge in [-0.05, 0) is 17.7 Å². The molecule has 1 N–H and O–H groups in total. The fourth-order valence-corrected chi connectivity index (χ4v) is 1.24. The first kappa shape index (κ1) is 13.7. The lowest BCUT2D eigenvalue weighted by atomic mass is 10.2. The van der Waals surface area contributed by atoms with E-state index in [-0.39, 0.29) is 0 Å². The molecule has 2 nitrogen and oxygen atoms in total. The van der Waals surface area contributed by atoms with Gasteiger partial charge in [-0.15, -0.1) is 0 Å². The molecule has 0 fully saturated rings. The second kappa shape index (κ2) is 5.78. The number of methoxy groups -OCH3 is 1. The molecule has 0 aliphatic rings. The molecule has 1 atom stereocenters. The molecular formula is C11H11Cl3O2. The molecule has 0 unspecified atom stereocenters. The fraction of sp³-hybridized carbons (Fsp3) is 0.273. The van der Waals surface area contributed by atoms with Gasteiger partial charge in [0, 0.05) is 0 Å². The molecular weight excluding hydrogens is 270 g/mol. The van der Waals surface area contributed by atoms with Gasteiger partial charge in [-0.2, -0.15) is 0 Å². The zero-order chi connectivity index (χ0) is 12.2. The first-order chi connectivity index (χ1) is 7.43. The van der Waals surface area contributed by atoms with Crippen LogP contribution in [0.1, 0.15) is 5.56 Å². The molecule has 0 aliphatic carbocycles. The molecule has 0 saturated carbocycles. The highest BCUT2D eigenvalue weighted by Crippen LogP contribution is 2.31. The van der Waals surface area contributed by atoms with E-state index >= 15 is 0 Å². The Hall–Kier alpha value is -0.410. The van der Waals surface area contributed by atoms with Gasteiger partial charge < -0.3 is 9.84 Å². The maximum Gasteiger partial charge on any atom is 0.219 e. The molecule has 1 rings (SSSR count). The lowest BCUT2D eigenvalue weighted by molar-refractivity contribution is 0.228. The normalized spacial score (nSPS) is 14.1. The van der Waals surface area contributed by atoms with Crippen molar-refractivity contribution in [1.29, 1.82) is 0 Å². The first-order valence-corrected chi connectivity index (χ1v) is 5.64. The third kappa shape index (κ3) is 4.22. The quantitative estimate of drug-likeness (QED) is 0.860. The van der Waals surface area contributed by atoms with Gasteiger partial charge in [-0.25, -0.2) is 0 Å². The van der Waals surface area contributed by atoms with E-state index in [2.05, 4.69) is 0 Å². The van der Waals surface area contributed by atoms with Crippen LogP contribution >= 0.6 is 34.8 Å². The molecule has 88 valence electrons. The van der Waals surface area contributed by atoms with Gasteiger partial charge in [-0.3, -0.25) is 0 Å². The van der Waals surface area contributed by atoms with Crippen LogP contribution in [-0.4, -0.2) is 22.1 Å². The van der Waals surface area contributed by atoms with Crippen molar-refractivity contribution in [3.05, 3.63) is 35.9 Å². The average molecular weight is 282 g/mol. The Kier molecular flexibility index (Phi) is 4.93. The standard InChI is InChI=1S/C11H11Cl3O2/c1-16-9-5-2-8(3-6-9)4-7-10(15)11(12,13)14/h2-7,10,15H,1H3/b7-4+/t10-/m0/s1. The first-order valence-electron chi connectivity index (χ1n) is 4.50. The molecule has 16 heavy (non-hydrogen) atoms. The van der Waals surface area contributed by atoms with Crippen LogP contribution in [0.25, 0.3) is 6.08 Å². The average Bonchev–Trinajstić information content (AvgIpc) is 2.25. The van der Waals surface area contributed by atoms with E-state index in [1.165, 1.54) is 6.08 Å². The van der Waals surface area contributed by atoms with Crippen molar-refractivity contribution in [2.45, 2.75) is 9.90 Å². The van der Waals surface area contributed by atoms with Gasteiger partial charge in [0.2, 0.25) is 3.79 Å². The summed E-state index contributed by atoms with van der Waals surface area (Å²) >= 11 is 16.5. The van der Waals surface area contributed by atoms with Gasteiger partial charge in [0.15, 0.2) is 0 Å². The van der Waals surface area contributed by atoms with Gasteiger partial charge in [0.25, 0.3) is 0 Å². The number of hydrogen-bond acceptors (Lipinski definition) is 2. The molecule has 0 amide bonds. The van der Waals surface area contributed by atoms with Gasteiger partial charge in [0.05, 0.1) is 7.11 Å². The van der Waals surface area contributed by atoms with Gasteiger partial charge in [-0.1, -0.05) is 59.1 Å². The number of rotatable bonds is 3. The Balaban J connectivity index is 2.69. The summed E-state index contributed by atoms with van der Waals surface area (Å²) in [5.41, 5.74) is 0.883. The van der Waals surface area contributed by atoms with Crippen molar-refractivity contribution in [3.8, 4) is 5.75 Å². The topological polar surface area (TPSA) is 29.5 Å². The summed E-state index contributed by atoms with van der Waals surface area (Å²) in [6, 6.07) is 7.28. The zero-order valence-electron chi connectivity index (χ0n) is 8.53. The number of alkyl halides is 3. The summed E-state index contributed by atoms with van der Waals surface area (Å²) in [6.45, 7) is 0. The van der Waals surface area contributed by atoms with Crippen LogP contribution in [0.3, 0.4) is 0 Å². The van der Waals surface area contributed by atoms with E-state index in [9.17, 15) is 5.11 Å². The maximum atomic E-state index is 9.44. The minimum Gasteiger partial charge on any atom is -0.497 e. The van der Waals surface area contributed by atoms with Gasteiger partial charge in [0.1, 0.15) is 11.9 Å². The lowest BCUT2D eigenvalue weighted by Crippen LogP contribution is -2.22. The van der Waals surface area contributed by atoms with Crippen molar-refractivity contribution in [3.63, 3.8) is 0 Å². The van der Waals surface area contributed by atoms with Crippen molar-refractivity contribution in [2.24, 2.45) is 0 Å². The minimum atomic E-state index is -1.71. The number of hydrogen-bond donors (Lipinski definition) is 1. The third-order valence-electron chi connectivity index (χ3n) is 1.92. The monoisotopic (exact) mass is 280 g/mol. The third-order valence-corrected chi connectivity index (χ3v) is 2.59. The highest BCUT2D eigenvalue weighted by molar-refractivity contribution is 6.68. The second-order valence-electron chi connectivity index (χ2n) is 3.12. The summed E-state index contributed by atoms with van der Waals surface area (Å²) in [5, 5.41) is 9.44. The number of aliphatic hydroxyl groups excluding tert-OH is 1. The molecule has 0 heterocycles. The van der Waals surface area contributed by atoms with Crippen LogP contribution in [0, 0.1) is 0 Å². The van der Waals surface area contributed by atoms with Crippen LogP contribution in [-0.2, 0) is 0 Å². The number of benzene rings is 1. The minimum absolute atomic E-state index is 0.763. The smallest absolute Gasteiger partial charge is 0.219 e. The van der Waals surface area contributed by atoms with E-state index in [1.807, 2.05) is 12.1 Å². The highest BCUT2D eigenvalue weighted by Gasteiger charge is 2.28. The molecule has 0 spiro atoms. The zero-order valence-corrected chi connectivity index (χ0v) is 10.8. The van der Waals surface area contributed by atoms with Crippen molar-refractivity contribution in [2.75, 3.05) is 7.11 Å². The Morgan fingerprint density at radius 3 is 2.25 bits per heavy atom. The van der Waals surface area contributed by atoms with Crippen LogP contribution < -0.4 is 4.74 Å². The Morgan fingerprint density at radius 1 is 1.25 bits per heavy atom. The number of ether oxygens (including phenoxy) is 1. The fourth-order valence-electron chi connectivity index (χ4n) is 1.03. The predicted molar refractivity (Wildman–Crippen MR) is 68.3 cm³/mol. The van der Waals surface area contributed by atoms with Crippen LogP contribution in [0.4, 0.5) is 0 Å².